The van der Waals surface area contributed by atoms with Crippen molar-refractivity contribution in [3.05, 3.63) is 17.5 Å². The number of aryl methyl sites for hydroxylation is 1. The molecule has 2 rings (SSSR count). The molecule has 2 heterocycles. The number of hydrogen-bond donors (Lipinski definition) is 0. The van der Waals surface area contributed by atoms with Crippen LogP contribution in [-0.2, 0) is 11.3 Å². The lowest BCUT2D eigenvalue weighted by Gasteiger charge is -2.32. The molecule has 1 aromatic rings. The first-order chi connectivity index (χ1) is 10.7. The molecule has 1 aliphatic heterocycles. The van der Waals surface area contributed by atoms with Gasteiger partial charge in [0.15, 0.2) is 0 Å². The Labute approximate surface area is 136 Å². The first-order valence-corrected chi connectivity index (χ1v) is 8.65. The third-order valence-electron chi connectivity index (χ3n) is 3.29. The lowest BCUT2D eigenvalue weighted by Crippen LogP contribution is -2.44. The highest BCUT2D eigenvalue weighted by Gasteiger charge is 2.12. The Bertz CT molecular complexity index is 347. The van der Waals surface area contributed by atoms with Crippen LogP contribution in [0.2, 0.25) is 0 Å². The molecule has 5 nitrogen and oxygen atoms in total. The second kappa shape index (κ2) is 13.7. The Kier molecular flexibility index (Phi) is 13.2. The Morgan fingerprint density at radius 1 is 1.14 bits per heavy atom. The lowest BCUT2D eigenvalue weighted by atomic mass is 10.3. The average Bonchev–Trinajstić information content (AvgIpc) is 2.98. The molecule has 5 heteroatoms. The Balaban J connectivity index is 0.00000102. The Hall–Kier alpha value is -0.910. The molecule has 0 aromatic carbocycles. The van der Waals surface area contributed by atoms with Crippen LogP contribution in [0.3, 0.4) is 0 Å². The fourth-order valence-corrected chi connectivity index (χ4v) is 2.12. The first kappa shape index (κ1) is 21.1. The van der Waals surface area contributed by atoms with Crippen molar-refractivity contribution in [1.29, 1.82) is 0 Å². The van der Waals surface area contributed by atoms with Crippen molar-refractivity contribution < 1.29 is 9.26 Å². The smallest absolute Gasteiger partial charge is 0.134 e. The summed E-state index contributed by atoms with van der Waals surface area (Å²) >= 11 is 0. The van der Waals surface area contributed by atoms with E-state index in [0.29, 0.717) is 6.61 Å². The molecule has 130 valence electrons. The summed E-state index contributed by atoms with van der Waals surface area (Å²) in [5.74, 6) is 0.839. The fraction of sp³-hybridized carbons (Fsp3) is 0.824. The second-order valence-corrected chi connectivity index (χ2v) is 4.98. The van der Waals surface area contributed by atoms with E-state index in [-0.39, 0.29) is 0 Å². The van der Waals surface area contributed by atoms with Crippen molar-refractivity contribution >= 4 is 0 Å². The molecule has 0 aliphatic carbocycles. The highest BCUT2D eigenvalue weighted by Crippen LogP contribution is 2.04. The highest BCUT2D eigenvalue weighted by atomic mass is 16.5. The normalized spacial score (nSPS) is 15.5. The van der Waals surface area contributed by atoms with E-state index in [0.717, 1.165) is 31.0 Å². The number of rotatable bonds is 6. The van der Waals surface area contributed by atoms with Crippen LogP contribution in [0.5, 0.6) is 0 Å². The minimum absolute atomic E-state index is 0.556. The van der Waals surface area contributed by atoms with Gasteiger partial charge in [-0.2, -0.15) is 0 Å². The molecule has 0 unspecified atom stereocenters. The van der Waals surface area contributed by atoms with Gasteiger partial charge >= 0.3 is 0 Å². The summed E-state index contributed by atoms with van der Waals surface area (Å²) in [5, 5.41) is 3.90. The summed E-state index contributed by atoms with van der Waals surface area (Å²) in [5.41, 5.74) is 0.882. The van der Waals surface area contributed by atoms with Crippen molar-refractivity contribution in [1.82, 2.24) is 15.0 Å². The summed E-state index contributed by atoms with van der Waals surface area (Å²) in [7, 11) is 2.18. The van der Waals surface area contributed by atoms with Gasteiger partial charge in [-0.3, -0.25) is 0 Å². The molecule has 1 aromatic heterocycles. The largest absolute Gasteiger partial charge is 0.375 e. The zero-order valence-corrected chi connectivity index (χ0v) is 15.4. The molecule has 0 spiro atoms. The number of likely N-dealkylation sites (N-methyl/N-ethyl adjacent to an activating group) is 1. The minimum Gasteiger partial charge on any atom is -0.375 e. The molecule has 0 atom stereocenters. The predicted molar refractivity (Wildman–Crippen MR) is 92.1 cm³/mol. The van der Waals surface area contributed by atoms with Gasteiger partial charge in [-0.05, 0) is 20.4 Å². The summed E-state index contributed by atoms with van der Waals surface area (Å²) in [6.45, 7) is 17.1. The second-order valence-electron chi connectivity index (χ2n) is 4.98. The van der Waals surface area contributed by atoms with Crippen molar-refractivity contribution in [2.75, 3.05) is 46.4 Å². The van der Waals surface area contributed by atoms with Gasteiger partial charge in [0.2, 0.25) is 0 Å². The van der Waals surface area contributed by atoms with Crippen LogP contribution >= 0.6 is 0 Å². The van der Waals surface area contributed by atoms with Crippen molar-refractivity contribution in [3.63, 3.8) is 0 Å². The molecule has 1 saturated heterocycles. The fourth-order valence-electron chi connectivity index (χ4n) is 2.12. The molecule has 22 heavy (non-hydrogen) atoms. The quantitative estimate of drug-likeness (QED) is 0.755. The highest BCUT2D eigenvalue weighted by molar-refractivity contribution is 5.01. The molecule has 0 bridgehead atoms. The lowest BCUT2D eigenvalue weighted by molar-refractivity contribution is 0.0936. The maximum Gasteiger partial charge on any atom is 0.134 e. The zero-order valence-electron chi connectivity index (χ0n) is 15.4. The van der Waals surface area contributed by atoms with Gasteiger partial charge in [0.05, 0.1) is 6.61 Å². The van der Waals surface area contributed by atoms with Crippen molar-refractivity contribution in [2.24, 2.45) is 0 Å². The van der Waals surface area contributed by atoms with Crippen LogP contribution in [0.15, 0.2) is 10.6 Å². The number of piperazine rings is 1. The maximum absolute atomic E-state index is 5.59. The monoisotopic (exact) mass is 313 g/mol. The van der Waals surface area contributed by atoms with E-state index in [4.69, 9.17) is 9.26 Å². The van der Waals surface area contributed by atoms with E-state index >= 15 is 0 Å². The first-order valence-electron chi connectivity index (χ1n) is 8.65. The standard InChI is InChI=1S/C13H23N3O2.2C2H6/c1-12-10-13(14-18-12)11-17-9-3-4-16-7-5-15(2)6-8-16;2*1-2/h10H,3-9,11H2,1-2H3;2*1-2H3. The summed E-state index contributed by atoms with van der Waals surface area (Å²) in [6, 6.07) is 1.92. The van der Waals surface area contributed by atoms with Crippen molar-refractivity contribution in [2.45, 2.75) is 47.6 Å². The van der Waals surface area contributed by atoms with E-state index in [2.05, 4.69) is 22.0 Å². The zero-order chi connectivity index (χ0) is 16.8. The number of ether oxygens (including phenoxy) is 1. The maximum atomic E-state index is 5.59. The molecule has 1 fully saturated rings. The Morgan fingerprint density at radius 2 is 1.77 bits per heavy atom. The van der Waals surface area contributed by atoms with Gasteiger partial charge in [-0.1, -0.05) is 32.9 Å². The average molecular weight is 313 g/mol. The van der Waals surface area contributed by atoms with Gasteiger partial charge < -0.3 is 19.1 Å². The van der Waals surface area contributed by atoms with Crippen LogP contribution < -0.4 is 0 Å². The molecular formula is C17H35N3O2. The third-order valence-corrected chi connectivity index (χ3v) is 3.29. The third kappa shape index (κ3) is 9.18. The van der Waals surface area contributed by atoms with E-state index in [1.807, 2.05) is 40.7 Å². The van der Waals surface area contributed by atoms with Crippen LogP contribution in [0.1, 0.15) is 45.6 Å². The topological polar surface area (TPSA) is 41.7 Å². The molecule has 1 aliphatic rings. The number of hydrogen-bond acceptors (Lipinski definition) is 5. The van der Waals surface area contributed by atoms with Crippen molar-refractivity contribution in [3.8, 4) is 0 Å². The van der Waals surface area contributed by atoms with Gasteiger partial charge in [-0.25, -0.2) is 0 Å². The van der Waals surface area contributed by atoms with Crippen LogP contribution in [0.25, 0.3) is 0 Å². The van der Waals surface area contributed by atoms with Crippen LogP contribution in [0, 0.1) is 6.92 Å². The summed E-state index contributed by atoms with van der Waals surface area (Å²) in [4.78, 5) is 4.88. The molecule has 0 radical (unpaired) electrons. The molecule has 0 saturated carbocycles. The number of nitrogens with zero attached hydrogens (tertiary/aromatic N) is 3. The van der Waals surface area contributed by atoms with Gasteiger partial charge in [0, 0.05) is 45.4 Å². The molecule has 0 N–H and O–H groups in total. The van der Waals surface area contributed by atoms with Gasteiger partial charge in [-0.15, -0.1) is 0 Å². The summed E-state index contributed by atoms with van der Waals surface area (Å²) < 4.78 is 10.6. The molecular weight excluding hydrogens is 278 g/mol. The van der Waals surface area contributed by atoms with E-state index in [1.165, 1.54) is 26.2 Å². The SMILES string of the molecule is CC.CC.Cc1cc(COCCCN2CCN(C)CC2)no1. The van der Waals surface area contributed by atoms with Gasteiger partial charge in [0.1, 0.15) is 11.5 Å². The van der Waals surface area contributed by atoms with E-state index in [1.54, 1.807) is 0 Å². The van der Waals surface area contributed by atoms with Crippen LogP contribution in [-0.4, -0.2) is 61.3 Å². The van der Waals surface area contributed by atoms with E-state index < -0.39 is 0 Å². The van der Waals surface area contributed by atoms with E-state index in [9.17, 15) is 0 Å². The number of aromatic nitrogens is 1. The Morgan fingerprint density at radius 3 is 2.32 bits per heavy atom. The van der Waals surface area contributed by atoms with Crippen LogP contribution in [0.4, 0.5) is 0 Å². The minimum atomic E-state index is 0.556. The summed E-state index contributed by atoms with van der Waals surface area (Å²) in [6.07, 6.45) is 1.08. The predicted octanol–water partition coefficient (Wildman–Crippen LogP) is 3.19. The van der Waals surface area contributed by atoms with Gasteiger partial charge in [0.25, 0.3) is 0 Å². The molecule has 0 amide bonds.